The lowest BCUT2D eigenvalue weighted by Crippen LogP contribution is -2.44. The van der Waals surface area contributed by atoms with Crippen molar-refractivity contribution < 1.29 is 27.9 Å². The molecule has 1 aromatic rings. The summed E-state index contributed by atoms with van der Waals surface area (Å²) in [5.41, 5.74) is 0. The lowest BCUT2D eigenvalue weighted by molar-refractivity contribution is -0.142. The fraction of sp³-hybridized carbons (Fsp3) is 0.467. The molecule has 0 unspecified atom stereocenters. The highest BCUT2D eigenvalue weighted by atomic mass is 32.2. The van der Waals surface area contributed by atoms with Crippen molar-refractivity contribution in [3.8, 4) is 0 Å². The predicted octanol–water partition coefficient (Wildman–Crippen LogP) is 0.456. The SMILES string of the molecule is O=C(N[C@@H](CCS(=O)(=O)c1ccccc1)C(=O)O)[C@H]1CCOC1. The van der Waals surface area contributed by atoms with Crippen LogP contribution in [0.3, 0.4) is 0 Å². The maximum Gasteiger partial charge on any atom is 0.326 e. The monoisotopic (exact) mass is 341 g/mol. The first kappa shape index (κ1) is 17.4. The van der Waals surface area contributed by atoms with Crippen LogP contribution >= 0.6 is 0 Å². The van der Waals surface area contributed by atoms with Crippen molar-refractivity contribution in [2.75, 3.05) is 19.0 Å². The molecule has 0 spiro atoms. The number of ether oxygens (including phenoxy) is 1. The number of carbonyl (C=O) groups is 2. The van der Waals surface area contributed by atoms with Crippen LogP contribution in [-0.4, -0.2) is 50.4 Å². The molecule has 1 heterocycles. The van der Waals surface area contributed by atoms with Crippen molar-refractivity contribution in [2.45, 2.75) is 23.8 Å². The third kappa shape index (κ3) is 4.77. The summed E-state index contributed by atoms with van der Waals surface area (Å²) >= 11 is 0. The van der Waals surface area contributed by atoms with Gasteiger partial charge in [0.1, 0.15) is 6.04 Å². The molecule has 0 radical (unpaired) electrons. The van der Waals surface area contributed by atoms with E-state index in [-0.39, 0.29) is 29.6 Å². The second-order valence-corrected chi connectivity index (χ2v) is 7.49. The van der Waals surface area contributed by atoms with Gasteiger partial charge in [-0.3, -0.25) is 4.79 Å². The zero-order valence-electron chi connectivity index (χ0n) is 12.5. The Balaban J connectivity index is 1.97. The summed E-state index contributed by atoms with van der Waals surface area (Å²) in [5, 5.41) is 11.6. The van der Waals surface area contributed by atoms with Gasteiger partial charge in [0.15, 0.2) is 9.84 Å². The number of hydrogen-bond acceptors (Lipinski definition) is 5. The minimum Gasteiger partial charge on any atom is -0.480 e. The Morgan fingerprint density at radius 2 is 2.00 bits per heavy atom. The van der Waals surface area contributed by atoms with Crippen LogP contribution in [0.1, 0.15) is 12.8 Å². The average molecular weight is 341 g/mol. The number of carboxylic acid groups (broad SMARTS) is 1. The van der Waals surface area contributed by atoms with Crippen LogP contribution in [0.4, 0.5) is 0 Å². The van der Waals surface area contributed by atoms with Crippen molar-refractivity contribution in [2.24, 2.45) is 5.92 Å². The van der Waals surface area contributed by atoms with E-state index in [2.05, 4.69) is 5.32 Å². The van der Waals surface area contributed by atoms with Crippen LogP contribution in [0.25, 0.3) is 0 Å². The molecule has 7 nitrogen and oxygen atoms in total. The second-order valence-electron chi connectivity index (χ2n) is 5.38. The molecule has 1 amide bonds. The zero-order valence-corrected chi connectivity index (χ0v) is 13.3. The van der Waals surface area contributed by atoms with Gasteiger partial charge in [0, 0.05) is 6.61 Å². The van der Waals surface area contributed by atoms with Gasteiger partial charge in [-0.1, -0.05) is 18.2 Å². The first-order valence-electron chi connectivity index (χ1n) is 7.29. The van der Waals surface area contributed by atoms with Gasteiger partial charge in [-0.25, -0.2) is 13.2 Å². The predicted molar refractivity (Wildman–Crippen MR) is 81.6 cm³/mol. The van der Waals surface area contributed by atoms with E-state index >= 15 is 0 Å². The minimum absolute atomic E-state index is 0.139. The van der Waals surface area contributed by atoms with Crippen LogP contribution in [0.5, 0.6) is 0 Å². The lowest BCUT2D eigenvalue weighted by atomic mass is 10.1. The van der Waals surface area contributed by atoms with E-state index in [9.17, 15) is 23.1 Å². The molecule has 1 aliphatic rings. The molecule has 126 valence electrons. The lowest BCUT2D eigenvalue weighted by Gasteiger charge is -2.16. The molecule has 1 aliphatic heterocycles. The highest BCUT2D eigenvalue weighted by Crippen LogP contribution is 2.14. The van der Waals surface area contributed by atoms with Crippen LogP contribution in [0.2, 0.25) is 0 Å². The van der Waals surface area contributed by atoms with E-state index in [1.807, 2.05) is 0 Å². The second kappa shape index (κ2) is 7.56. The Bertz CT molecular complexity index is 652. The minimum atomic E-state index is -3.58. The molecular formula is C15H19NO6S. The molecule has 1 fully saturated rings. The Morgan fingerprint density at radius 1 is 1.30 bits per heavy atom. The van der Waals surface area contributed by atoms with E-state index in [1.54, 1.807) is 18.2 Å². The third-order valence-corrected chi connectivity index (χ3v) is 5.46. The quantitative estimate of drug-likeness (QED) is 0.745. The highest BCUT2D eigenvalue weighted by Gasteiger charge is 2.29. The zero-order chi connectivity index (χ0) is 16.9. The van der Waals surface area contributed by atoms with Crippen molar-refractivity contribution >= 4 is 21.7 Å². The van der Waals surface area contributed by atoms with Gasteiger partial charge in [0.05, 0.1) is 23.2 Å². The number of sulfone groups is 1. The number of benzene rings is 1. The molecule has 1 saturated heterocycles. The van der Waals surface area contributed by atoms with Crippen LogP contribution in [0.15, 0.2) is 35.2 Å². The van der Waals surface area contributed by atoms with Gasteiger partial charge in [0.2, 0.25) is 5.91 Å². The average Bonchev–Trinajstić information content (AvgIpc) is 3.06. The molecule has 0 saturated carbocycles. The first-order chi connectivity index (χ1) is 10.9. The van der Waals surface area contributed by atoms with Crippen molar-refractivity contribution in [3.05, 3.63) is 30.3 Å². The molecule has 0 bridgehead atoms. The third-order valence-electron chi connectivity index (χ3n) is 3.69. The summed E-state index contributed by atoms with van der Waals surface area (Å²) in [7, 11) is -3.58. The van der Waals surface area contributed by atoms with Gasteiger partial charge in [-0.05, 0) is 25.0 Å². The summed E-state index contributed by atoms with van der Waals surface area (Å²) in [6, 6.07) is 6.58. The fourth-order valence-electron chi connectivity index (χ4n) is 2.31. The number of hydrogen-bond donors (Lipinski definition) is 2. The number of rotatable bonds is 7. The maximum atomic E-state index is 12.2. The van der Waals surface area contributed by atoms with Gasteiger partial charge < -0.3 is 15.2 Å². The number of carbonyl (C=O) groups excluding carboxylic acids is 1. The molecule has 0 aliphatic carbocycles. The Hall–Kier alpha value is -1.93. The fourth-order valence-corrected chi connectivity index (χ4v) is 3.66. The van der Waals surface area contributed by atoms with Crippen LogP contribution < -0.4 is 5.32 Å². The van der Waals surface area contributed by atoms with E-state index in [4.69, 9.17) is 4.74 Å². The van der Waals surface area contributed by atoms with Gasteiger partial charge in [-0.15, -0.1) is 0 Å². The highest BCUT2D eigenvalue weighted by molar-refractivity contribution is 7.91. The van der Waals surface area contributed by atoms with Crippen molar-refractivity contribution in [1.82, 2.24) is 5.32 Å². The summed E-state index contributed by atoms with van der Waals surface area (Å²) < 4.78 is 29.4. The molecule has 1 aromatic carbocycles. The van der Waals surface area contributed by atoms with E-state index in [0.717, 1.165) is 0 Å². The van der Waals surface area contributed by atoms with E-state index in [0.29, 0.717) is 13.0 Å². The van der Waals surface area contributed by atoms with Gasteiger partial charge in [-0.2, -0.15) is 0 Å². The first-order valence-corrected chi connectivity index (χ1v) is 8.94. The molecule has 2 N–H and O–H groups in total. The summed E-state index contributed by atoms with van der Waals surface area (Å²) in [4.78, 5) is 23.4. The number of aliphatic carboxylic acids is 1. The Kier molecular flexibility index (Phi) is 5.73. The van der Waals surface area contributed by atoms with Crippen molar-refractivity contribution in [3.63, 3.8) is 0 Å². The van der Waals surface area contributed by atoms with Crippen LogP contribution in [0, 0.1) is 5.92 Å². The molecular weight excluding hydrogens is 322 g/mol. The molecule has 2 rings (SSSR count). The largest absolute Gasteiger partial charge is 0.480 e. The molecule has 23 heavy (non-hydrogen) atoms. The van der Waals surface area contributed by atoms with Crippen molar-refractivity contribution in [1.29, 1.82) is 0 Å². The molecule has 2 atom stereocenters. The van der Waals surface area contributed by atoms with Gasteiger partial charge in [0.25, 0.3) is 0 Å². The maximum absolute atomic E-state index is 12.2. The normalized spacial score (nSPS) is 19.2. The van der Waals surface area contributed by atoms with Crippen LogP contribution in [-0.2, 0) is 24.2 Å². The number of amides is 1. The standard InChI is InChI=1S/C15H19NO6S/c17-14(11-6-8-22-10-11)16-13(15(18)19)7-9-23(20,21)12-4-2-1-3-5-12/h1-5,11,13H,6-10H2,(H,16,17)(H,18,19)/t11-,13-/m0/s1. The van der Waals surface area contributed by atoms with Gasteiger partial charge >= 0.3 is 5.97 Å². The summed E-state index contributed by atoms with van der Waals surface area (Å²) in [6.45, 7) is 0.735. The summed E-state index contributed by atoms with van der Waals surface area (Å²) in [6.07, 6.45) is 0.354. The smallest absolute Gasteiger partial charge is 0.326 e. The van der Waals surface area contributed by atoms with E-state index < -0.39 is 27.8 Å². The number of nitrogens with one attached hydrogen (secondary N) is 1. The molecule has 0 aromatic heterocycles. The number of carboxylic acids is 1. The topological polar surface area (TPSA) is 110 Å². The van der Waals surface area contributed by atoms with E-state index in [1.165, 1.54) is 12.1 Å². The Morgan fingerprint density at radius 3 is 2.57 bits per heavy atom. The molecule has 8 heteroatoms. The Labute approximate surface area is 134 Å². The summed E-state index contributed by atoms with van der Waals surface area (Å²) in [5.74, 6) is -2.38.